The van der Waals surface area contributed by atoms with Crippen LogP contribution in [0.2, 0.25) is 0 Å². The van der Waals surface area contributed by atoms with Gasteiger partial charge in [-0.15, -0.1) is 0 Å². The molecule has 0 saturated heterocycles. The molecule has 1 heterocycles. The van der Waals surface area contributed by atoms with E-state index in [-0.39, 0.29) is 0 Å². The van der Waals surface area contributed by atoms with Crippen LogP contribution in [-0.2, 0) is 6.54 Å². The molecule has 18 heavy (non-hydrogen) atoms. The first-order valence-corrected chi connectivity index (χ1v) is 7.57. The molecular formula is C15H25N3. The van der Waals surface area contributed by atoms with E-state index in [1.165, 1.54) is 44.2 Å². The summed E-state index contributed by atoms with van der Waals surface area (Å²) in [6.07, 6.45) is 10.4. The fourth-order valence-corrected chi connectivity index (χ4v) is 3.09. The number of hydrogen-bond acceptors (Lipinski definition) is 2. The maximum atomic E-state index is 4.72. The molecule has 3 rings (SSSR count). The Morgan fingerprint density at radius 2 is 2.11 bits per heavy atom. The molecule has 2 fully saturated rings. The Morgan fingerprint density at radius 3 is 2.83 bits per heavy atom. The molecule has 0 aliphatic heterocycles. The van der Waals surface area contributed by atoms with E-state index in [2.05, 4.69) is 29.2 Å². The van der Waals surface area contributed by atoms with Gasteiger partial charge in [-0.3, -0.25) is 4.68 Å². The fraction of sp³-hybridized carbons (Fsp3) is 0.800. The van der Waals surface area contributed by atoms with E-state index in [4.69, 9.17) is 5.10 Å². The van der Waals surface area contributed by atoms with Crippen molar-refractivity contribution in [3.05, 3.63) is 18.0 Å². The third kappa shape index (κ3) is 2.94. The summed E-state index contributed by atoms with van der Waals surface area (Å²) in [4.78, 5) is 0. The van der Waals surface area contributed by atoms with E-state index in [1.807, 2.05) is 0 Å². The number of nitrogens with one attached hydrogen (secondary N) is 1. The molecule has 2 aliphatic rings. The van der Waals surface area contributed by atoms with E-state index in [1.54, 1.807) is 0 Å². The van der Waals surface area contributed by atoms with Crippen LogP contribution >= 0.6 is 0 Å². The maximum Gasteiger partial charge on any atom is 0.0762 e. The average molecular weight is 247 g/mol. The van der Waals surface area contributed by atoms with Crippen LogP contribution in [0.25, 0.3) is 0 Å². The molecule has 0 aromatic carbocycles. The van der Waals surface area contributed by atoms with E-state index < -0.39 is 0 Å². The second-order valence-electron chi connectivity index (χ2n) is 6.18. The summed E-state index contributed by atoms with van der Waals surface area (Å²) >= 11 is 0. The summed E-state index contributed by atoms with van der Waals surface area (Å²) in [5.74, 6) is 1.86. The van der Waals surface area contributed by atoms with Crippen molar-refractivity contribution in [1.29, 1.82) is 0 Å². The lowest BCUT2D eigenvalue weighted by molar-refractivity contribution is 0.327. The van der Waals surface area contributed by atoms with Gasteiger partial charge in [0, 0.05) is 12.7 Å². The monoisotopic (exact) mass is 247 g/mol. The molecule has 2 saturated carbocycles. The standard InChI is InChI=1S/C15H25N3/c1-12-9-13(12)10-16-11-14-7-8-18(17-14)15-5-3-2-4-6-15/h7-8,12-13,15-16H,2-6,9-11H2,1H3. The Labute approximate surface area is 110 Å². The quantitative estimate of drug-likeness (QED) is 0.866. The van der Waals surface area contributed by atoms with Crippen molar-refractivity contribution in [1.82, 2.24) is 15.1 Å². The minimum atomic E-state index is 0.663. The summed E-state index contributed by atoms with van der Waals surface area (Å²) in [6.45, 7) is 4.44. The van der Waals surface area contributed by atoms with Gasteiger partial charge in [0.2, 0.25) is 0 Å². The Kier molecular flexibility index (Phi) is 3.69. The van der Waals surface area contributed by atoms with Crippen LogP contribution < -0.4 is 5.32 Å². The van der Waals surface area contributed by atoms with Crippen LogP contribution in [0, 0.1) is 11.8 Å². The summed E-state index contributed by atoms with van der Waals surface area (Å²) in [5, 5.41) is 8.26. The molecule has 2 aliphatic carbocycles. The van der Waals surface area contributed by atoms with E-state index >= 15 is 0 Å². The smallest absolute Gasteiger partial charge is 0.0762 e. The van der Waals surface area contributed by atoms with Crippen LogP contribution in [-0.4, -0.2) is 16.3 Å². The van der Waals surface area contributed by atoms with Crippen LogP contribution in [0.5, 0.6) is 0 Å². The predicted molar refractivity (Wildman–Crippen MR) is 73.3 cm³/mol. The summed E-state index contributed by atoms with van der Waals surface area (Å²) in [7, 11) is 0. The first-order chi connectivity index (χ1) is 8.83. The van der Waals surface area contributed by atoms with Gasteiger partial charge >= 0.3 is 0 Å². The Hall–Kier alpha value is -0.830. The minimum absolute atomic E-state index is 0.663. The van der Waals surface area contributed by atoms with Gasteiger partial charge < -0.3 is 5.32 Å². The summed E-state index contributed by atoms with van der Waals surface area (Å²) in [6, 6.07) is 2.84. The molecule has 0 radical (unpaired) electrons. The number of nitrogens with zero attached hydrogens (tertiary/aromatic N) is 2. The molecule has 100 valence electrons. The lowest BCUT2D eigenvalue weighted by Gasteiger charge is -2.21. The van der Waals surface area contributed by atoms with Crippen LogP contribution in [0.4, 0.5) is 0 Å². The molecule has 2 unspecified atom stereocenters. The van der Waals surface area contributed by atoms with Gasteiger partial charge in [0.05, 0.1) is 11.7 Å². The Bertz CT molecular complexity index is 379. The van der Waals surface area contributed by atoms with Gasteiger partial charge in [-0.25, -0.2) is 0 Å². The lowest BCUT2D eigenvalue weighted by Crippen LogP contribution is -2.18. The van der Waals surface area contributed by atoms with Gasteiger partial charge in [-0.2, -0.15) is 5.10 Å². The zero-order valence-electron chi connectivity index (χ0n) is 11.4. The molecule has 3 nitrogen and oxygen atoms in total. The highest BCUT2D eigenvalue weighted by Gasteiger charge is 2.31. The second-order valence-corrected chi connectivity index (χ2v) is 6.18. The van der Waals surface area contributed by atoms with Crippen molar-refractivity contribution in [2.45, 2.75) is 58.0 Å². The van der Waals surface area contributed by atoms with Crippen molar-refractivity contribution in [3.8, 4) is 0 Å². The van der Waals surface area contributed by atoms with Gasteiger partial charge in [0.1, 0.15) is 0 Å². The molecule has 3 heteroatoms. The normalized spacial score (nSPS) is 28.5. The molecule has 2 atom stereocenters. The number of hydrogen-bond donors (Lipinski definition) is 1. The van der Waals surface area contributed by atoms with Crippen molar-refractivity contribution >= 4 is 0 Å². The van der Waals surface area contributed by atoms with Crippen LogP contribution in [0.15, 0.2) is 12.3 Å². The van der Waals surface area contributed by atoms with Crippen molar-refractivity contribution < 1.29 is 0 Å². The highest BCUT2D eigenvalue weighted by molar-refractivity contribution is 5.00. The van der Waals surface area contributed by atoms with Crippen LogP contribution in [0.3, 0.4) is 0 Å². The second kappa shape index (κ2) is 5.43. The maximum absolute atomic E-state index is 4.72. The first-order valence-electron chi connectivity index (χ1n) is 7.57. The Morgan fingerprint density at radius 1 is 1.33 bits per heavy atom. The molecule has 0 amide bonds. The highest BCUT2D eigenvalue weighted by Crippen LogP contribution is 2.36. The third-order valence-corrected chi connectivity index (χ3v) is 4.60. The zero-order valence-corrected chi connectivity index (χ0v) is 11.4. The van der Waals surface area contributed by atoms with E-state index in [0.717, 1.165) is 24.9 Å². The van der Waals surface area contributed by atoms with Gasteiger partial charge in [-0.1, -0.05) is 26.2 Å². The average Bonchev–Trinajstić information content (AvgIpc) is 2.92. The number of rotatable bonds is 5. The van der Waals surface area contributed by atoms with Crippen LogP contribution in [0.1, 0.15) is 57.2 Å². The van der Waals surface area contributed by atoms with E-state index in [0.29, 0.717) is 6.04 Å². The number of aromatic nitrogens is 2. The highest BCUT2D eigenvalue weighted by atomic mass is 15.3. The third-order valence-electron chi connectivity index (χ3n) is 4.60. The van der Waals surface area contributed by atoms with Gasteiger partial charge in [-0.05, 0) is 43.7 Å². The fourth-order valence-electron chi connectivity index (χ4n) is 3.09. The molecule has 0 spiro atoms. The molecule has 0 bridgehead atoms. The predicted octanol–water partition coefficient (Wildman–Crippen LogP) is 3.13. The van der Waals surface area contributed by atoms with Crippen molar-refractivity contribution in [3.63, 3.8) is 0 Å². The molecule has 1 aromatic heterocycles. The molecule has 1 aromatic rings. The lowest BCUT2D eigenvalue weighted by atomic mass is 9.96. The summed E-state index contributed by atoms with van der Waals surface area (Å²) in [5.41, 5.74) is 1.20. The molecular weight excluding hydrogens is 222 g/mol. The van der Waals surface area contributed by atoms with Crippen molar-refractivity contribution in [2.24, 2.45) is 11.8 Å². The van der Waals surface area contributed by atoms with Crippen molar-refractivity contribution in [2.75, 3.05) is 6.54 Å². The van der Waals surface area contributed by atoms with Gasteiger partial charge in [0.15, 0.2) is 0 Å². The SMILES string of the molecule is CC1CC1CNCc1ccn(C2CCCCC2)n1. The largest absolute Gasteiger partial charge is 0.311 e. The first kappa shape index (κ1) is 12.2. The zero-order chi connectivity index (χ0) is 12.4. The Balaban J connectivity index is 1.46. The van der Waals surface area contributed by atoms with E-state index in [9.17, 15) is 0 Å². The van der Waals surface area contributed by atoms with Gasteiger partial charge in [0.25, 0.3) is 0 Å². The summed E-state index contributed by atoms with van der Waals surface area (Å²) < 4.78 is 2.20. The minimum Gasteiger partial charge on any atom is -0.311 e. The topological polar surface area (TPSA) is 29.9 Å². The molecule has 1 N–H and O–H groups in total.